The smallest absolute Gasteiger partial charge is 0.265 e. The standard InChI is InChI=1S/C20H24N2O3/c1-3-14-21-19(23)16-12-8-9-13-17(16)22-20(24)18(4-2)25-15-10-6-5-7-11-15/h5-13,18H,3-4,14H2,1-2H3,(H,21,23)(H,22,24)/t18-/m0/s1. The first-order valence-corrected chi connectivity index (χ1v) is 8.55. The first-order chi connectivity index (χ1) is 12.2. The number of hydrogen-bond acceptors (Lipinski definition) is 3. The number of para-hydroxylation sites is 2. The number of carbonyl (C=O) groups excluding carboxylic acids is 2. The number of ether oxygens (including phenoxy) is 1. The van der Waals surface area contributed by atoms with Crippen molar-refractivity contribution in [3.05, 3.63) is 60.2 Å². The summed E-state index contributed by atoms with van der Waals surface area (Å²) in [4.78, 5) is 24.8. The van der Waals surface area contributed by atoms with Gasteiger partial charge in [0, 0.05) is 6.54 Å². The van der Waals surface area contributed by atoms with Crippen molar-refractivity contribution < 1.29 is 14.3 Å². The van der Waals surface area contributed by atoms with Crippen LogP contribution in [-0.4, -0.2) is 24.5 Å². The average molecular weight is 340 g/mol. The van der Waals surface area contributed by atoms with Crippen LogP contribution in [0.3, 0.4) is 0 Å². The highest BCUT2D eigenvalue weighted by Crippen LogP contribution is 2.18. The molecule has 2 aromatic carbocycles. The van der Waals surface area contributed by atoms with Gasteiger partial charge in [0.15, 0.2) is 6.10 Å². The molecule has 0 unspecified atom stereocenters. The summed E-state index contributed by atoms with van der Waals surface area (Å²) in [5.41, 5.74) is 0.926. The van der Waals surface area contributed by atoms with Crippen LogP contribution in [0, 0.1) is 0 Å². The summed E-state index contributed by atoms with van der Waals surface area (Å²) in [7, 11) is 0. The molecular weight excluding hydrogens is 316 g/mol. The molecule has 0 radical (unpaired) electrons. The lowest BCUT2D eigenvalue weighted by Gasteiger charge is -2.18. The second-order valence-corrected chi connectivity index (χ2v) is 5.62. The largest absolute Gasteiger partial charge is 0.481 e. The van der Waals surface area contributed by atoms with Crippen molar-refractivity contribution >= 4 is 17.5 Å². The zero-order chi connectivity index (χ0) is 18.1. The van der Waals surface area contributed by atoms with Crippen molar-refractivity contribution in [1.82, 2.24) is 5.32 Å². The summed E-state index contributed by atoms with van der Waals surface area (Å²) in [5.74, 6) is 0.162. The van der Waals surface area contributed by atoms with Crippen LogP contribution in [0.4, 0.5) is 5.69 Å². The second-order valence-electron chi connectivity index (χ2n) is 5.62. The van der Waals surface area contributed by atoms with E-state index in [2.05, 4.69) is 10.6 Å². The van der Waals surface area contributed by atoms with Crippen LogP contribution < -0.4 is 15.4 Å². The molecule has 2 amide bonds. The number of nitrogens with one attached hydrogen (secondary N) is 2. The summed E-state index contributed by atoms with van der Waals surface area (Å²) < 4.78 is 5.75. The van der Waals surface area contributed by atoms with Crippen molar-refractivity contribution in [3.8, 4) is 5.75 Å². The second kappa shape index (κ2) is 9.47. The van der Waals surface area contributed by atoms with Crippen molar-refractivity contribution in [2.24, 2.45) is 0 Å². The molecule has 5 nitrogen and oxygen atoms in total. The van der Waals surface area contributed by atoms with E-state index in [9.17, 15) is 9.59 Å². The monoisotopic (exact) mass is 340 g/mol. The lowest BCUT2D eigenvalue weighted by Crippen LogP contribution is -2.33. The zero-order valence-corrected chi connectivity index (χ0v) is 14.6. The molecule has 25 heavy (non-hydrogen) atoms. The van der Waals surface area contributed by atoms with Crippen LogP contribution in [-0.2, 0) is 4.79 Å². The molecule has 0 saturated heterocycles. The molecule has 0 heterocycles. The highest BCUT2D eigenvalue weighted by molar-refractivity contribution is 6.04. The summed E-state index contributed by atoms with van der Waals surface area (Å²) in [5, 5.41) is 5.64. The Morgan fingerprint density at radius 3 is 2.36 bits per heavy atom. The maximum absolute atomic E-state index is 12.6. The van der Waals surface area contributed by atoms with Gasteiger partial charge in [-0.2, -0.15) is 0 Å². The van der Waals surface area contributed by atoms with Gasteiger partial charge in [-0.05, 0) is 37.1 Å². The lowest BCUT2D eigenvalue weighted by molar-refractivity contribution is -0.122. The summed E-state index contributed by atoms with van der Waals surface area (Å²) in [6.45, 7) is 4.46. The fraction of sp³-hybridized carbons (Fsp3) is 0.300. The molecule has 0 bridgehead atoms. The Morgan fingerprint density at radius 1 is 1.00 bits per heavy atom. The van der Waals surface area contributed by atoms with Gasteiger partial charge in [0.05, 0.1) is 11.3 Å². The Bertz CT molecular complexity index is 701. The van der Waals surface area contributed by atoms with Gasteiger partial charge >= 0.3 is 0 Å². The van der Waals surface area contributed by atoms with Gasteiger partial charge < -0.3 is 15.4 Å². The number of hydrogen-bond donors (Lipinski definition) is 2. The topological polar surface area (TPSA) is 67.4 Å². The van der Waals surface area contributed by atoms with Gasteiger partial charge in [0.1, 0.15) is 5.75 Å². The van der Waals surface area contributed by atoms with E-state index in [0.29, 0.717) is 30.0 Å². The van der Waals surface area contributed by atoms with E-state index in [1.807, 2.05) is 44.2 Å². The van der Waals surface area contributed by atoms with E-state index < -0.39 is 6.10 Å². The summed E-state index contributed by atoms with van der Waals surface area (Å²) in [6.07, 6.45) is 0.739. The first kappa shape index (κ1) is 18.5. The fourth-order valence-corrected chi connectivity index (χ4v) is 2.32. The van der Waals surface area contributed by atoms with Crippen LogP contribution in [0.1, 0.15) is 37.0 Å². The highest BCUT2D eigenvalue weighted by atomic mass is 16.5. The summed E-state index contributed by atoms with van der Waals surface area (Å²) in [6, 6.07) is 16.2. The van der Waals surface area contributed by atoms with E-state index in [4.69, 9.17) is 4.74 Å². The SMILES string of the molecule is CCCNC(=O)c1ccccc1NC(=O)[C@H](CC)Oc1ccccc1. The maximum atomic E-state index is 12.6. The minimum Gasteiger partial charge on any atom is -0.481 e. The van der Waals surface area contributed by atoms with Gasteiger partial charge in [0.2, 0.25) is 0 Å². The molecular formula is C20H24N2O3. The highest BCUT2D eigenvalue weighted by Gasteiger charge is 2.20. The number of amides is 2. The fourth-order valence-electron chi connectivity index (χ4n) is 2.32. The predicted molar refractivity (Wildman–Crippen MR) is 98.8 cm³/mol. The Kier molecular flexibility index (Phi) is 7.01. The van der Waals surface area contributed by atoms with Gasteiger partial charge in [-0.25, -0.2) is 0 Å². The minimum atomic E-state index is -0.630. The van der Waals surface area contributed by atoms with E-state index >= 15 is 0 Å². The van der Waals surface area contributed by atoms with E-state index in [-0.39, 0.29) is 11.8 Å². The van der Waals surface area contributed by atoms with Crippen LogP contribution in [0.15, 0.2) is 54.6 Å². The molecule has 132 valence electrons. The van der Waals surface area contributed by atoms with Gasteiger partial charge in [-0.3, -0.25) is 9.59 Å². The van der Waals surface area contributed by atoms with E-state index in [1.54, 1.807) is 24.3 Å². The molecule has 0 aliphatic rings. The Hall–Kier alpha value is -2.82. The normalized spacial score (nSPS) is 11.4. The molecule has 1 atom stereocenters. The molecule has 2 rings (SSSR count). The molecule has 0 aliphatic carbocycles. The number of anilines is 1. The van der Waals surface area contributed by atoms with Gasteiger partial charge in [-0.1, -0.05) is 44.2 Å². The van der Waals surface area contributed by atoms with Crippen LogP contribution in [0.25, 0.3) is 0 Å². The van der Waals surface area contributed by atoms with Crippen LogP contribution in [0.5, 0.6) is 5.75 Å². The molecule has 5 heteroatoms. The van der Waals surface area contributed by atoms with Crippen LogP contribution in [0.2, 0.25) is 0 Å². The maximum Gasteiger partial charge on any atom is 0.265 e. The predicted octanol–water partition coefficient (Wildman–Crippen LogP) is 3.62. The van der Waals surface area contributed by atoms with Crippen LogP contribution >= 0.6 is 0 Å². The van der Waals surface area contributed by atoms with Gasteiger partial charge in [0.25, 0.3) is 11.8 Å². The molecule has 2 N–H and O–H groups in total. The Labute approximate surface area is 148 Å². The molecule has 0 saturated carbocycles. The van der Waals surface area contributed by atoms with E-state index in [1.165, 1.54) is 0 Å². The third-order valence-electron chi connectivity index (χ3n) is 3.65. The lowest BCUT2D eigenvalue weighted by atomic mass is 10.1. The van der Waals surface area contributed by atoms with Gasteiger partial charge in [-0.15, -0.1) is 0 Å². The summed E-state index contributed by atoms with van der Waals surface area (Å²) >= 11 is 0. The Morgan fingerprint density at radius 2 is 1.68 bits per heavy atom. The quantitative estimate of drug-likeness (QED) is 0.771. The number of benzene rings is 2. The molecule has 2 aromatic rings. The van der Waals surface area contributed by atoms with Crippen molar-refractivity contribution in [2.75, 3.05) is 11.9 Å². The van der Waals surface area contributed by atoms with Crippen molar-refractivity contribution in [1.29, 1.82) is 0 Å². The molecule has 0 aliphatic heterocycles. The number of carbonyl (C=O) groups is 2. The number of rotatable bonds is 8. The molecule has 0 spiro atoms. The molecule has 0 aromatic heterocycles. The van der Waals surface area contributed by atoms with Crippen molar-refractivity contribution in [3.63, 3.8) is 0 Å². The van der Waals surface area contributed by atoms with Crippen molar-refractivity contribution in [2.45, 2.75) is 32.8 Å². The Balaban J connectivity index is 2.09. The average Bonchev–Trinajstić information content (AvgIpc) is 2.65. The van der Waals surface area contributed by atoms with E-state index in [0.717, 1.165) is 6.42 Å². The third-order valence-corrected chi connectivity index (χ3v) is 3.65. The minimum absolute atomic E-state index is 0.199. The zero-order valence-electron chi connectivity index (χ0n) is 14.6. The first-order valence-electron chi connectivity index (χ1n) is 8.55. The molecule has 0 fully saturated rings. The third kappa shape index (κ3) is 5.35.